The summed E-state index contributed by atoms with van der Waals surface area (Å²) in [7, 11) is 3.54. The molecule has 5 nitrogen and oxygen atoms in total. The highest BCUT2D eigenvalue weighted by Crippen LogP contribution is 2.25. The third kappa shape index (κ3) is 5.66. The summed E-state index contributed by atoms with van der Waals surface area (Å²) in [5.41, 5.74) is 1.82. The summed E-state index contributed by atoms with van der Waals surface area (Å²) >= 11 is 2.07. The van der Waals surface area contributed by atoms with Crippen LogP contribution in [-0.4, -0.2) is 66.4 Å². The van der Waals surface area contributed by atoms with Crippen LogP contribution >= 0.6 is 11.8 Å². The van der Waals surface area contributed by atoms with Gasteiger partial charge in [0.2, 0.25) is 0 Å². The van der Waals surface area contributed by atoms with E-state index in [0.717, 1.165) is 36.9 Å². The molecule has 0 aliphatic carbocycles. The number of nitrogens with zero attached hydrogens (tertiary/aromatic N) is 3. The molecule has 0 aromatic heterocycles. The second-order valence-electron chi connectivity index (χ2n) is 7.17. The smallest absolute Gasteiger partial charge is 0.253 e. The number of aliphatic imine (C=N–C) groups is 1. The van der Waals surface area contributed by atoms with Crippen LogP contribution in [0, 0.1) is 5.92 Å². The molecule has 1 N–H and O–H groups in total. The largest absolute Gasteiger partial charge is 0.357 e. The van der Waals surface area contributed by atoms with Crippen molar-refractivity contribution in [3.63, 3.8) is 0 Å². The first kappa shape index (κ1) is 20.6. The Balaban J connectivity index is 2.05. The standard InChI is InChI=1S/C20H32N4OS/c1-6-21-20(24-11-12-26-18(14-24)15(2)3)22-13-16-7-9-17(10-8-16)19(25)23(4)5/h7-10,15,18H,6,11-14H2,1-5H3,(H,21,22). The number of rotatable bonds is 5. The molecule has 1 aliphatic rings. The number of benzene rings is 1. The van der Waals surface area contributed by atoms with E-state index in [4.69, 9.17) is 4.99 Å². The number of carbonyl (C=O) groups is 1. The van der Waals surface area contributed by atoms with Crippen LogP contribution < -0.4 is 5.32 Å². The molecular weight excluding hydrogens is 344 g/mol. The highest BCUT2D eigenvalue weighted by Gasteiger charge is 2.24. The van der Waals surface area contributed by atoms with Crippen molar-refractivity contribution >= 4 is 23.6 Å². The van der Waals surface area contributed by atoms with Gasteiger partial charge in [-0.25, -0.2) is 4.99 Å². The minimum Gasteiger partial charge on any atom is -0.357 e. The summed E-state index contributed by atoms with van der Waals surface area (Å²) in [6, 6.07) is 7.75. The van der Waals surface area contributed by atoms with Crippen LogP contribution in [0.25, 0.3) is 0 Å². The Labute approximate surface area is 162 Å². The minimum absolute atomic E-state index is 0.0268. The topological polar surface area (TPSA) is 47.9 Å². The highest BCUT2D eigenvalue weighted by atomic mass is 32.2. The Bertz CT molecular complexity index is 613. The summed E-state index contributed by atoms with van der Waals surface area (Å²) < 4.78 is 0. The van der Waals surface area contributed by atoms with Crippen LogP contribution in [0.4, 0.5) is 0 Å². The molecule has 1 atom stereocenters. The van der Waals surface area contributed by atoms with Crippen molar-refractivity contribution in [1.82, 2.24) is 15.1 Å². The molecule has 1 aliphatic heterocycles. The maximum absolute atomic E-state index is 12.0. The Kier molecular flexibility index (Phi) is 7.82. The molecule has 6 heteroatoms. The Morgan fingerprint density at radius 2 is 2.04 bits per heavy atom. The predicted octanol–water partition coefficient (Wildman–Crippen LogP) is 2.93. The fraction of sp³-hybridized carbons (Fsp3) is 0.600. The van der Waals surface area contributed by atoms with Gasteiger partial charge < -0.3 is 15.1 Å². The Hall–Kier alpha value is -1.69. The molecule has 1 aromatic rings. The maximum Gasteiger partial charge on any atom is 0.253 e. The van der Waals surface area contributed by atoms with Gasteiger partial charge in [0.15, 0.2) is 5.96 Å². The van der Waals surface area contributed by atoms with Crippen molar-refractivity contribution in [2.24, 2.45) is 10.9 Å². The average molecular weight is 377 g/mol. The van der Waals surface area contributed by atoms with Crippen molar-refractivity contribution in [1.29, 1.82) is 0 Å². The predicted molar refractivity (Wildman–Crippen MR) is 112 cm³/mol. The highest BCUT2D eigenvalue weighted by molar-refractivity contribution is 8.00. The summed E-state index contributed by atoms with van der Waals surface area (Å²) in [6.07, 6.45) is 0. The molecule has 1 unspecified atom stereocenters. The van der Waals surface area contributed by atoms with Gasteiger partial charge in [0.1, 0.15) is 0 Å². The average Bonchev–Trinajstić information content (AvgIpc) is 2.65. The van der Waals surface area contributed by atoms with Gasteiger partial charge in [0.05, 0.1) is 6.54 Å². The summed E-state index contributed by atoms with van der Waals surface area (Å²) in [4.78, 5) is 20.8. The van der Waals surface area contributed by atoms with Crippen LogP contribution in [0.5, 0.6) is 0 Å². The molecular formula is C20H32N4OS. The van der Waals surface area contributed by atoms with E-state index < -0.39 is 0 Å². The van der Waals surface area contributed by atoms with Crippen LogP contribution in [0.3, 0.4) is 0 Å². The number of guanidine groups is 1. The van der Waals surface area contributed by atoms with Crippen LogP contribution in [0.15, 0.2) is 29.3 Å². The van der Waals surface area contributed by atoms with Gasteiger partial charge >= 0.3 is 0 Å². The van der Waals surface area contributed by atoms with Gasteiger partial charge in [-0.3, -0.25) is 4.79 Å². The molecule has 0 saturated carbocycles. The summed E-state index contributed by atoms with van der Waals surface area (Å²) in [6.45, 7) is 10.3. The van der Waals surface area contributed by atoms with E-state index in [2.05, 4.69) is 42.7 Å². The van der Waals surface area contributed by atoms with E-state index >= 15 is 0 Å². The van der Waals surface area contributed by atoms with Crippen molar-refractivity contribution in [3.05, 3.63) is 35.4 Å². The van der Waals surface area contributed by atoms with E-state index in [9.17, 15) is 4.79 Å². The van der Waals surface area contributed by atoms with E-state index in [-0.39, 0.29) is 5.91 Å². The lowest BCUT2D eigenvalue weighted by atomic mass is 10.1. The molecule has 1 amide bonds. The number of hydrogen-bond acceptors (Lipinski definition) is 3. The van der Waals surface area contributed by atoms with Gasteiger partial charge in [0, 0.05) is 50.3 Å². The fourth-order valence-corrected chi connectivity index (χ4v) is 4.17. The molecule has 144 valence electrons. The number of carbonyl (C=O) groups excluding carboxylic acids is 1. The molecule has 0 radical (unpaired) electrons. The van der Waals surface area contributed by atoms with Crippen molar-refractivity contribution < 1.29 is 4.79 Å². The first-order valence-electron chi connectivity index (χ1n) is 9.37. The van der Waals surface area contributed by atoms with Crippen molar-refractivity contribution in [2.45, 2.75) is 32.6 Å². The van der Waals surface area contributed by atoms with Crippen LogP contribution in [-0.2, 0) is 6.54 Å². The number of nitrogens with one attached hydrogen (secondary N) is 1. The molecule has 0 bridgehead atoms. The number of thioether (sulfide) groups is 1. The van der Waals surface area contributed by atoms with E-state index in [1.54, 1.807) is 19.0 Å². The van der Waals surface area contributed by atoms with E-state index in [0.29, 0.717) is 23.3 Å². The quantitative estimate of drug-likeness (QED) is 0.634. The fourth-order valence-electron chi connectivity index (χ4n) is 2.87. The second kappa shape index (κ2) is 9.86. The summed E-state index contributed by atoms with van der Waals surface area (Å²) in [5, 5.41) is 4.09. The van der Waals surface area contributed by atoms with Gasteiger partial charge in [-0.1, -0.05) is 26.0 Å². The molecule has 1 saturated heterocycles. The van der Waals surface area contributed by atoms with Gasteiger partial charge in [0.25, 0.3) is 5.91 Å². The first-order chi connectivity index (χ1) is 12.4. The Morgan fingerprint density at radius 1 is 1.35 bits per heavy atom. The van der Waals surface area contributed by atoms with Crippen molar-refractivity contribution in [2.75, 3.05) is 39.5 Å². The monoisotopic (exact) mass is 376 g/mol. The van der Waals surface area contributed by atoms with Crippen LogP contribution in [0.1, 0.15) is 36.7 Å². The number of hydrogen-bond donors (Lipinski definition) is 1. The molecule has 1 heterocycles. The summed E-state index contributed by atoms with van der Waals surface area (Å²) in [5.74, 6) is 2.84. The SMILES string of the molecule is CCNC(=NCc1ccc(C(=O)N(C)C)cc1)N1CCSC(C(C)C)C1. The van der Waals surface area contributed by atoms with Gasteiger partial charge in [-0.05, 0) is 30.5 Å². The number of amides is 1. The lowest BCUT2D eigenvalue weighted by Gasteiger charge is -2.36. The third-order valence-corrected chi connectivity index (χ3v) is 6.03. The van der Waals surface area contributed by atoms with Crippen LogP contribution in [0.2, 0.25) is 0 Å². The normalized spacial score (nSPS) is 18.2. The molecule has 1 aromatic carbocycles. The molecule has 0 spiro atoms. The third-order valence-electron chi connectivity index (χ3n) is 4.49. The van der Waals surface area contributed by atoms with Gasteiger partial charge in [-0.2, -0.15) is 11.8 Å². The van der Waals surface area contributed by atoms with E-state index in [1.165, 1.54) is 0 Å². The molecule has 1 fully saturated rings. The lowest BCUT2D eigenvalue weighted by molar-refractivity contribution is 0.0827. The lowest BCUT2D eigenvalue weighted by Crippen LogP contribution is -2.49. The second-order valence-corrected chi connectivity index (χ2v) is 8.51. The maximum atomic E-state index is 12.0. The van der Waals surface area contributed by atoms with Crippen molar-refractivity contribution in [3.8, 4) is 0 Å². The minimum atomic E-state index is 0.0268. The van der Waals surface area contributed by atoms with Gasteiger partial charge in [-0.15, -0.1) is 0 Å². The van der Waals surface area contributed by atoms with E-state index in [1.807, 2.05) is 24.3 Å². The zero-order valence-electron chi connectivity index (χ0n) is 16.7. The zero-order chi connectivity index (χ0) is 19.1. The zero-order valence-corrected chi connectivity index (χ0v) is 17.5. The first-order valence-corrected chi connectivity index (χ1v) is 10.4. The molecule has 26 heavy (non-hydrogen) atoms. The Morgan fingerprint density at radius 3 is 2.62 bits per heavy atom. The molecule has 2 rings (SSSR count).